The summed E-state index contributed by atoms with van der Waals surface area (Å²) < 4.78 is 4.82. The first-order chi connectivity index (χ1) is 10.6. The van der Waals surface area contributed by atoms with Crippen LogP contribution in [0.1, 0.15) is 24.2 Å². The van der Waals surface area contributed by atoms with Gasteiger partial charge in [0.1, 0.15) is 0 Å². The summed E-state index contributed by atoms with van der Waals surface area (Å²) >= 11 is 0. The minimum absolute atomic E-state index is 0.0118. The Balaban J connectivity index is 1.87. The summed E-state index contributed by atoms with van der Waals surface area (Å²) in [5, 5.41) is 3.34. The van der Waals surface area contributed by atoms with E-state index in [0.717, 1.165) is 43.3 Å². The molecular weight excluding hydrogens is 280 g/mol. The van der Waals surface area contributed by atoms with Crippen LogP contribution in [-0.4, -0.2) is 49.1 Å². The highest BCUT2D eigenvalue weighted by atomic mass is 16.5. The number of likely N-dealkylation sites (tertiary alicyclic amines) is 1. The molecule has 6 nitrogen and oxygen atoms in total. The minimum Gasteiger partial charge on any atom is -0.469 e. The number of rotatable bonds is 3. The second-order valence-corrected chi connectivity index (χ2v) is 5.46. The zero-order chi connectivity index (χ0) is 15.9. The lowest BCUT2D eigenvalue weighted by Gasteiger charge is -2.33. The number of nitrogens with one attached hydrogen (secondary N) is 1. The molecule has 6 heteroatoms. The van der Waals surface area contributed by atoms with E-state index < -0.39 is 0 Å². The molecule has 1 aliphatic heterocycles. The van der Waals surface area contributed by atoms with Gasteiger partial charge >= 0.3 is 5.97 Å². The molecule has 22 heavy (non-hydrogen) atoms. The van der Waals surface area contributed by atoms with E-state index in [4.69, 9.17) is 4.74 Å². The van der Waals surface area contributed by atoms with Gasteiger partial charge in [0, 0.05) is 25.8 Å². The van der Waals surface area contributed by atoms with E-state index in [1.54, 1.807) is 7.05 Å². The smallest absolute Gasteiger partial charge is 0.308 e. The van der Waals surface area contributed by atoms with Crippen molar-refractivity contribution in [2.75, 3.05) is 27.2 Å². The molecule has 0 aliphatic carbocycles. The van der Waals surface area contributed by atoms with Crippen LogP contribution in [0.4, 0.5) is 0 Å². The molecule has 1 aromatic heterocycles. The van der Waals surface area contributed by atoms with Crippen molar-refractivity contribution < 1.29 is 9.53 Å². The van der Waals surface area contributed by atoms with Crippen molar-refractivity contribution in [2.24, 2.45) is 10.9 Å². The number of aliphatic imine (C=N–C) groups is 1. The maximum Gasteiger partial charge on any atom is 0.308 e. The number of hydrogen-bond donors (Lipinski definition) is 1. The Morgan fingerprint density at radius 2 is 2.18 bits per heavy atom. The van der Waals surface area contributed by atoms with E-state index >= 15 is 0 Å². The number of carbonyl (C=O) groups is 1. The zero-order valence-corrected chi connectivity index (χ0v) is 13.5. The third-order valence-electron chi connectivity index (χ3n) is 3.91. The Morgan fingerprint density at radius 3 is 2.77 bits per heavy atom. The van der Waals surface area contributed by atoms with E-state index in [9.17, 15) is 4.79 Å². The maximum absolute atomic E-state index is 11.6. The molecule has 120 valence electrons. The summed E-state index contributed by atoms with van der Waals surface area (Å²) in [6.45, 7) is 4.24. The van der Waals surface area contributed by atoms with Gasteiger partial charge in [-0.15, -0.1) is 0 Å². The quantitative estimate of drug-likeness (QED) is 0.519. The lowest BCUT2D eigenvalue weighted by molar-refractivity contribution is -0.146. The zero-order valence-electron chi connectivity index (χ0n) is 13.5. The average Bonchev–Trinajstić information content (AvgIpc) is 2.55. The number of piperidine rings is 1. The molecular formula is C16H24N4O2. The molecule has 0 amide bonds. The molecule has 2 rings (SSSR count). The number of ether oxygens (including phenoxy) is 1. The first-order valence-corrected chi connectivity index (χ1v) is 7.60. The van der Waals surface area contributed by atoms with Gasteiger partial charge in [0.25, 0.3) is 0 Å². The van der Waals surface area contributed by atoms with Crippen molar-refractivity contribution in [3.8, 4) is 0 Å². The molecule has 1 N–H and O–H groups in total. The first kappa shape index (κ1) is 16.3. The molecule has 0 bridgehead atoms. The van der Waals surface area contributed by atoms with E-state index in [-0.39, 0.29) is 11.9 Å². The van der Waals surface area contributed by atoms with Crippen LogP contribution in [0, 0.1) is 12.8 Å². The lowest BCUT2D eigenvalue weighted by atomic mass is 9.97. The minimum atomic E-state index is -0.105. The number of aromatic nitrogens is 1. The lowest BCUT2D eigenvalue weighted by Crippen LogP contribution is -2.46. The summed E-state index contributed by atoms with van der Waals surface area (Å²) in [7, 11) is 3.22. The number of guanidine groups is 1. The van der Waals surface area contributed by atoms with Crippen molar-refractivity contribution in [3.63, 3.8) is 0 Å². The Labute approximate surface area is 131 Å². The monoisotopic (exact) mass is 304 g/mol. The Kier molecular flexibility index (Phi) is 5.75. The molecule has 1 saturated heterocycles. The highest BCUT2D eigenvalue weighted by molar-refractivity contribution is 5.80. The van der Waals surface area contributed by atoms with Crippen LogP contribution in [0.5, 0.6) is 0 Å². The fraction of sp³-hybridized carbons (Fsp3) is 0.562. The van der Waals surface area contributed by atoms with Crippen LogP contribution in [-0.2, 0) is 16.1 Å². The number of hydrogen-bond acceptors (Lipinski definition) is 4. The first-order valence-electron chi connectivity index (χ1n) is 7.60. The summed E-state index contributed by atoms with van der Waals surface area (Å²) in [6.07, 6.45) is 1.60. The Bertz CT molecular complexity index is 537. The third-order valence-corrected chi connectivity index (χ3v) is 3.91. The van der Waals surface area contributed by atoms with Crippen LogP contribution >= 0.6 is 0 Å². The largest absolute Gasteiger partial charge is 0.469 e. The second-order valence-electron chi connectivity index (χ2n) is 5.46. The molecule has 0 unspecified atom stereocenters. The molecule has 2 heterocycles. The highest BCUT2D eigenvalue weighted by Crippen LogP contribution is 2.18. The van der Waals surface area contributed by atoms with E-state index in [1.165, 1.54) is 7.11 Å². The number of methoxy groups -OCH3 is 1. The van der Waals surface area contributed by atoms with Gasteiger partial charge in [0.05, 0.1) is 25.3 Å². The summed E-state index contributed by atoms with van der Waals surface area (Å²) in [6, 6.07) is 5.98. The molecule has 1 aliphatic rings. The Hall–Kier alpha value is -2.11. The van der Waals surface area contributed by atoms with Crippen molar-refractivity contribution in [1.29, 1.82) is 0 Å². The Morgan fingerprint density at radius 1 is 1.45 bits per heavy atom. The number of aryl methyl sites for hydroxylation is 1. The number of nitrogens with zero attached hydrogens (tertiary/aromatic N) is 3. The van der Waals surface area contributed by atoms with Crippen molar-refractivity contribution in [2.45, 2.75) is 26.3 Å². The molecule has 0 saturated carbocycles. The van der Waals surface area contributed by atoms with Gasteiger partial charge in [0.15, 0.2) is 5.96 Å². The number of pyridine rings is 1. The van der Waals surface area contributed by atoms with Gasteiger partial charge in [-0.3, -0.25) is 14.8 Å². The molecule has 1 fully saturated rings. The van der Waals surface area contributed by atoms with Gasteiger partial charge < -0.3 is 15.0 Å². The summed E-state index contributed by atoms with van der Waals surface area (Å²) in [5.41, 5.74) is 2.00. The highest BCUT2D eigenvalue weighted by Gasteiger charge is 2.26. The van der Waals surface area contributed by atoms with Gasteiger partial charge in [-0.05, 0) is 31.9 Å². The predicted octanol–water partition coefficient (Wildman–Crippen LogP) is 1.35. The SMILES string of the molecule is CN=C(NCc1cccc(C)n1)N1CCC(C(=O)OC)CC1. The van der Waals surface area contributed by atoms with E-state index in [2.05, 4.69) is 20.2 Å². The van der Waals surface area contributed by atoms with E-state index in [0.29, 0.717) is 6.54 Å². The average molecular weight is 304 g/mol. The summed E-state index contributed by atoms with van der Waals surface area (Å²) in [4.78, 5) is 22.5. The maximum atomic E-state index is 11.6. The standard InChI is InChI=1S/C16H24N4O2/c1-12-5-4-6-14(19-12)11-18-16(17-2)20-9-7-13(8-10-20)15(21)22-3/h4-6,13H,7-11H2,1-3H3,(H,17,18). The van der Waals surface area contributed by atoms with Crippen LogP contribution < -0.4 is 5.32 Å². The number of carbonyl (C=O) groups excluding carboxylic acids is 1. The van der Waals surface area contributed by atoms with Crippen LogP contribution in [0.25, 0.3) is 0 Å². The van der Waals surface area contributed by atoms with Crippen LogP contribution in [0.2, 0.25) is 0 Å². The molecule has 0 spiro atoms. The predicted molar refractivity (Wildman–Crippen MR) is 85.5 cm³/mol. The third kappa shape index (κ3) is 4.19. The normalized spacial score (nSPS) is 16.5. The topological polar surface area (TPSA) is 66.8 Å². The fourth-order valence-electron chi connectivity index (χ4n) is 2.69. The molecule has 0 radical (unpaired) electrons. The molecule has 0 atom stereocenters. The van der Waals surface area contributed by atoms with Crippen molar-refractivity contribution in [3.05, 3.63) is 29.6 Å². The van der Waals surface area contributed by atoms with Gasteiger partial charge in [-0.25, -0.2) is 0 Å². The van der Waals surface area contributed by atoms with Gasteiger partial charge in [-0.2, -0.15) is 0 Å². The van der Waals surface area contributed by atoms with E-state index in [1.807, 2.05) is 25.1 Å². The van der Waals surface area contributed by atoms with Gasteiger partial charge in [0.2, 0.25) is 0 Å². The van der Waals surface area contributed by atoms with Crippen molar-refractivity contribution >= 4 is 11.9 Å². The second kappa shape index (κ2) is 7.77. The van der Waals surface area contributed by atoms with Crippen molar-refractivity contribution in [1.82, 2.24) is 15.2 Å². The molecule has 0 aromatic carbocycles. The summed E-state index contributed by atoms with van der Waals surface area (Å²) in [5.74, 6) is 0.760. The molecule has 1 aromatic rings. The fourth-order valence-corrected chi connectivity index (χ4v) is 2.69. The van der Waals surface area contributed by atoms with Gasteiger partial charge in [-0.1, -0.05) is 6.07 Å². The van der Waals surface area contributed by atoms with Crippen LogP contribution in [0.15, 0.2) is 23.2 Å². The number of esters is 1. The van der Waals surface area contributed by atoms with Crippen LogP contribution in [0.3, 0.4) is 0 Å².